The summed E-state index contributed by atoms with van der Waals surface area (Å²) in [7, 11) is 4.01. The van der Waals surface area contributed by atoms with Crippen LogP contribution in [0.3, 0.4) is 0 Å². The summed E-state index contributed by atoms with van der Waals surface area (Å²) in [6.07, 6.45) is 1.84. The Hall–Kier alpha value is -3.35. The SMILES string of the molecule is Cc1cccc(Nc2cc(N(C)C)nc(N3CCN(c4ccccn4)CC3)n2)c1C. The number of benzene rings is 1. The maximum Gasteiger partial charge on any atom is 0.229 e. The summed E-state index contributed by atoms with van der Waals surface area (Å²) >= 11 is 0. The van der Waals surface area contributed by atoms with Crippen molar-refractivity contribution < 1.29 is 0 Å². The first-order valence-electron chi connectivity index (χ1n) is 10.3. The molecule has 1 aliphatic heterocycles. The fraction of sp³-hybridized carbons (Fsp3) is 0.348. The molecule has 0 aliphatic carbocycles. The number of hydrogen-bond acceptors (Lipinski definition) is 7. The molecule has 0 saturated carbocycles. The van der Waals surface area contributed by atoms with Gasteiger partial charge < -0.3 is 20.0 Å². The van der Waals surface area contributed by atoms with E-state index in [0.29, 0.717) is 0 Å². The van der Waals surface area contributed by atoms with Gasteiger partial charge in [0.15, 0.2) is 0 Å². The molecule has 3 heterocycles. The Morgan fingerprint density at radius 2 is 1.67 bits per heavy atom. The highest BCUT2D eigenvalue weighted by atomic mass is 15.3. The van der Waals surface area contributed by atoms with Gasteiger partial charge in [-0.05, 0) is 43.2 Å². The number of hydrogen-bond donors (Lipinski definition) is 1. The van der Waals surface area contributed by atoms with Crippen molar-refractivity contribution in [1.29, 1.82) is 0 Å². The van der Waals surface area contributed by atoms with Gasteiger partial charge in [0, 0.05) is 58.2 Å². The van der Waals surface area contributed by atoms with E-state index in [1.807, 2.05) is 43.4 Å². The molecule has 0 amide bonds. The molecule has 1 saturated heterocycles. The number of pyridine rings is 1. The predicted molar refractivity (Wildman–Crippen MR) is 124 cm³/mol. The minimum atomic E-state index is 0.759. The Kier molecular flexibility index (Phi) is 5.70. The molecule has 30 heavy (non-hydrogen) atoms. The van der Waals surface area contributed by atoms with E-state index in [2.05, 4.69) is 58.2 Å². The molecule has 1 N–H and O–H groups in total. The summed E-state index contributed by atoms with van der Waals surface area (Å²) in [5, 5.41) is 3.50. The Morgan fingerprint density at radius 3 is 2.37 bits per heavy atom. The second-order valence-electron chi connectivity index (χ2n) is 7.84. The van der Waals surface area contributed by atoms with Gasteiger partial charge in [-0.15, -0.1) is 0 Å². The van der Waals surface area contributed by atoms with Crippen molar-refractivity contribution in [2.24, 2.45) is 0 Å². The van der Waals surface area contributed by atoms with Crippen LogP contribution in [0.15, 0.2) is 48.7 Å². The second kappa shape index (κ2) is 8.57. The first-order valence-corrected chi connectivity index (χ1v) is 10.3. The minimum Gasteiger partial charge on any atom is -0.363 e. The molecule has 7 nitrogen and oxygen atoms in total. The molecule has 3 aromatic rings. The van der Waals surface area contributed by atoms with Crippen LogP contribution in [0.5, 0.6) is 0 Å². The van der Waals surface area contributed by atoms with Crippen LogP contribution in [-0.2, 0) is 0 Å². The van der Waals surface area contributed by atoms with Crippen LogP contribution in [0.1, 0.15) is 11.1 Å². The van der Waals surface area contributed by atoms with E-state index in [0.717, 1.165) is 55.3 Å². The van der Waals surface area contributed by atoms with Crippen molar-refractivity contribution in [3.63, 3.8) is 0 Å². The summed E-state index contributed by atoms with van der Waals surface area (Å²) in [5.74, 6) is 3.48. The fourth-order valence-electron chi connectivity index (χ4n) is 3.56. The third kappa shape index (κ3) is 4.30. The molecule has 0 bridgehead atoms. The molecular formula is C23H29N7. The Morgan fingerprint density at radius 1 is 0.900 bits per heavy atom. The van der Waals surface area contributed by atoms with E-state index < -0.39 is 0 Å². The van der Waals surface area contributed by atoms with Crippen LogP contribution in [-0.4, -0.2) is 55.2 Å². The van der Waals surface area contributed by atoms with Gasteiger partial charge in [-0.2, -0.15) is 9.97 Å². The van der Waals surface area contributed by atoms with E-state index in [1.54, 1.807) is 0 Å². The zero-order valence-electron chi connectivity index (χ0n) is 18.1. The summed E-state index contributed by atoms with van der Waals surface area (Å²) in [4.78, 5) is 20.7. The second-order valence-corrected chi connectivity index (χ2v) is 7.84. The summed E-state index contributed by atoms with van der Waals surface area (Å²) < 4.78 is 0. The van der Waals surface area contributed by atoms with Gasteiger partial charge >= 0.3 is 0 Å². The maximum atomic E-state index is 4.85. The van der Waals surface area contributed by atoms with Crippen molar-refractivity contribution in [2.75, 3.05) is 60.3 Å². The van der Waals surface area contributed by atoms with Crippen molar-refractivity contribution in [3.8, 4) is 0 Å². The summed E-state index contributed by atoms with van der Waals surface area (Å²) in [6, 6.07) is 14.3. The highest BCUT2D eigenvalue weighted by Gasteiger charge is 2.21. The standard InChI is InChI=1S/C23H29N7/c1-17-8-7-9-19(18(17)2)25-20-16-22(28(3)4)27-23(26-20)30-14-12-29(13-15-30)21-10-5-6-11-24-21/h5-11,16H,12-15H2,1-4H3,(H,25,26,27). The third-order valence-corrected chi connectivity index (χ3v) is 5.56. The Bertz CT molecular complexity index is 996. The van der Waals surface area contributed by atoms with Crippen molar-refractivity contribution in [2.45, 2.75) is 13.8 Å². The molecule has 0 spiro atoms. The molecular weight excluding hydrogens is 374 g/mol. The predicted octanol–water partition coefficient (Wildman–Crippen LogP) is 3.62. The van der Waals surface area contributed by atoms with Crippen LogP contribution >= 0.6 is 0 Å². The number of nitrogens with zero attached hydrogens (tertiary/aromatic N) is 6. The van der Waals surface area contributed by atoms with E-state index in [1.165, 1.54) is 11.1 Å². The molecule has 0 atom stereocenters. The van der Waals surface area contributed by atoms with E-state index in [4.69, 9.17) is 9.97 Å². The number of nitrogens with one attached hydrogen (secondary N) is 1. The normalized spacial score (nSPS) is 14.0. The molecule has 1 fully saturated rings. The van der Waals surface area contributed by atoms with Crippen LogP contribution in [0.4, 0.5) is 29.1 Å². The fourth-order valence-corrected chi connectivity index (χ4v) is 3.56. The Labute approximate surface area is 178 Å². The molecule has 156 valence electrons. The van der Waals surface area contributed by atoms with Crippen molar-refractivity contribution in [3.05, 3.63) is 59.8 Å². The van der Waals surface area contributed by atoms with Crippen molar-refractivity contribution in [1.82, 2.24) is 15.0 Å². The number of rotatable bonds is 5. The summed E-state index contributed by atoms with van der Waals surface area (Å²) in [6.45, 7) is 7.76. The smallest absolute Gasteiger partial charge is 0.229 e. The molecule has 2 aromatic heterocycles. The zero-order chi connectivity index (χ0) is 21.1. The van der Waals surface area contributed by atoms with Gasteiger partial charge in [-0.25, -0.2) is 4.98 Å². The van der Waals surface area contributed by atoms with Crippen LogP contribution in [0, 0.1) is 13.8 Å². The molecule has 4 rings (SSSR count). The average Bonchev–Trinajstić information content (AvgIpc) is 2.77. The number of piperazine rings is 1. The largest absolute Gasteiger partial charge is 0.363 e. The van der Waals surface area contributed by atoms with Gasteiger partial charge in [-0.3, -0.25) is 0 Å². The lowest BCUT2D eigenvalue weighted by atomic mass is 10.1. The molecule has 1 aliphatic rings. The average molecular weight is 404 g/mol. The molecule has 7 heteroatoms. The zero-order valence-corrected chi connectivity index (χ0v) is 18.1. The highest BCUT2D eigenvalue weighted by molar-refractivity contribution is 5.65. The van der Waals surface area contributed by atoms with Gasteiger partial charge in [0.05, 0.1) is 0 Å². The van der Waals surface area contributed by atoms with E-state index >= 15 is 0 Å². The summed E-state index contributed by atoms with van der Waals surface area (Å²) in [5.41, 5.74) is 3.56. The van der Waals surface area contributed by atoms with Gasteiger partial charge in [0.2, 0.25) is 5.95 Å². The van der Waals surface area contributed by atoms with E-state index in [9.17, 15) is 0 Å². The van der Waals surface area contributed by atoms with E-state index in [-0.39, 0.29) is 0 Å². The molecule has 0 radical (unpaired) electrons. The first kappa shape index (κ1) is 19.9. The van der Waals surface area contributed by atoms with Crippen LogP contribution in [0.25, 0.3) is 0 Å². The highest BCUT2D eigenvalue weighted by Crippen LogP contribution is 2.26. The quantitative estimate of drug-likeness (QED) is 0.698. The van der Waals surface area contributed by atoms with Crippen LogP contribution < -0.4 is 20.0 Å². The monoisotopic (exact) mass is 403 g/mol. The first-order chi connectivity index (χ1) is 14.5. The molecule has 0 unspecified atom stereocenters. The van der Waals surface area contributed by atoms with Crippen molar-refractivity contribution >= 4 is 29.1 Å². The molecule has 1 aromatic carbocycles. The lowest BCUT2D eigenvalue weighted by Gasteiger charge is -2.35. The topological polar surface area (TPSA) is 60.4 Å². The number of aromatic nitrogens is 3. The lowest BCUT2D eigenvalue weighted by Crippen LogP contribution is -2.47. The minimum absolute atomic E-state index is 0.759. The number of anilines is 5. The Balaban J connectivity index is 1.55. The van der Waals surface area contributed by atoms with Crippen LogP contribution in [0.2, 0.25) is 0 Å². The maximum absolute atomic E-state index is 4.85. The van der Waals surface area contributed by atoms with Gasteiger partial charge in [-0.1, -0.05) is 18.2 Å². The third-order valence-electron chi connectivity index (χ3n) is 5.56. The van der Waals surface area contributed by atoms with Gasteiger partial charge in [0.1, 0.15) is 17.5 Å². The van der Waals surface area contributed by atoms with Gasteiger partial charge in [0.25, 0.3) is 0 Å². The lowest BCUT2D eigenvalue weighted by molar-refractivity contribution is 0.635. The number of aryl methyl sites for hydroxylation is 1.